The zero-order chi connectivity index (χ0) is 15.2. The van der Waals surface area contributed by atoms with Crippen molar-refractivity contribution in [3.8, 4) is 5.75 Å². The van der Waals surface area contributed by atoms with Crippen molar-refractivity contribution in [1.29, 1.82) is 0 Å². The maximum Gasteiger partial charge on any atom is 0.120 e. The van der Waals surface area contributed by atoms with Crippen molar-refractivity contribution in [2.75, 3.05) is 5.75 Å². The van der Waals surface area contributed by atoms with Gasteiger partial charge in [-0.15, -0.1) is 11.8 Å². The summed E-state index contributed by atoms with van der Waals surface area (Å²) in [5.41, 5.74) is 8.57. The molecule has 0 fully saturated rings. The summed E-state index contributed by atoms with van der Waals surface area (Å²) >= 11 is 1.84. The van der Waals surface area contributed by atoms with Crippen LogP contribution in [-0.4, -0.2) is 11.9 Å². The van der Waals surface area contributed by atoms with Gasteiger partial charge in [-0.1, -0.05) is 31.2 Å². The van der Waals surface area contributed by atoms with E-state index in [1.54, 1.807) is 0 Å². The summed E-state index contributed by atoms with van der Waals surface area (Å²) in [6.07, 6.45) is 0.168. The van der Waals surface area contributed by atoms with Crippen molar-refractivity contribution in [3.05, 3.63) is 59.7 Å². The van der Waals surface area contributed by atoms with Crippen LogP contribution in [0.1, 0.15) is 37.9 Å². The van der Waals surface area contributed by atoms with Crippen molar-refractivity contribution in [1.82, 2.24) is 0 Å². The zero-order valence-corrected chi connectivity index (χ0v) is 13.7. The van der Waals surface area contributed by atoms with E-state index in [1.165, 1.54) is 4.90 Å². The van der Waals surface area contributed by atoms with Crippen LogP contribution < -0.4 is 10.5 Å². The van der Waals surface area contributed by atoms with Gasteiger partial charge in [0.25, 0.3) is 0 Å². The lowest BCUT2D eigenvalue weighted by Crippen LogP contribution is -2.12. The van der Waals surface area contributed by atoms with Crippen LogP contribution in [0.25, 0.3) is 0 Å². The molecule has 2 nitrogen and oxygen atoms in total. The van der Waals surface area contributed by atoms with Gasteiger partial charge in [-0.05, 0) is 55.0 Å². The molecule has 0 saturated heterocycles. The number of ether oxygens (including phenoxy) is 1. The van der Waals surface area contributed by atoms with Gasteiger partial charge in [-0.25, -0.2) is 0 Å². The molecule has 2 rings (SSSR count). The molecule has 1 unspecified atom stereocenters. The Morgan fingerprint density at radius 1 is 1.05 bits per heavy atom. The molecular weight excluding hydrogens is 278 g/mol. The molecule has 0 heterocycles. The minimum atomic E-state index is -0.124. The maximum absolute atomic E-state index is 6.38. The molecule has 2 aromatic rings. The molecule has 3 heteroatoms. The predicted octanol–water partition coefficient (Wildman–Crippen LogP) is 4.63. The van der Waals surface area contributed by atoms with Crippen molar-refractivity contribution in [2.45, 2.75) is 37.8 Å². The van der Waals surface area contributed by atoms with Crippen LogP contribution in [0.4, 0.5) is 0 Å². The SMILES string of the molecule is CCSc1ccc(C(N)c2cccc(OC(C)C)c2)cc1. The van der Waals surface area contributed by atoms with Gasteiger partial charge in [0.05, 0.1) is 12.1 Å². The molecule has 2 aromatic carbocycles. The van der Waals surface area contributed by atoms with Gasteiger partial charge in [0.1, 0.15) is 5.75 Å². The summed E-state index contributed by atoms with van der Waals surface area (Å²) < 4.78 is 5.73. The third kappa shape index (κ3) is 4.51. The fourth-order valence-corrected chi connectivity index (χ4v) is 2.85. The molecule has 0 aliphatic carbocycles. The van der Waals surface area contributed by atoms with Crippen LogP contribution in [-0.2, 0) is 0 Å². The van der Waals surface area contributed by atoms with Crippen LogP contribution in [0, 0.1) is 0 Å². The second kappa shape index (κ2) is 7.53. The van der Waals surface area contributed by atoms with Gasteiger partial charge in [0, 0.05) is 4.90 Å². The normalized spacial score (nSPS) is 12.4. The van der Waals surface area contributed by atoms with Crippen molar-refractivity contribution in [3.63, 3.8) is 0 Å². The summed E-state index contributed by atoms with van der Waals surface area (Å²) in [5, 5.41) is 0. The van der Waals surface area contributed by atoms with E-state index >= 15 is 0 Å². The number of thioether (sulfide) groups is 1. The smallest absolute Gasteiger partial charge is 0.120 e. The summed E-state index contributed by atoms with van der Waals surface area (Å²) in [6.45, 7) is 6.21. The Balaban J connectivity index is 2.16. The molecular formula is C18H23NOS. The highest BCUT2D eigenvalue weighted by atomic mass is 32.2. The van der Waals surface area contributed by atoms with E-state index in [9.17, 15) is 0 Å². The highest BCUT2D eigenvalue weighted by Crippen LogP contribution is 2.26. The van der Waals surface area contributed by atoms with Gasteiger partial charge in [0.15, 0.2) is 0 Å². The summed E-state index contributed by atoms with van der Waals surface area (Å²) in [5.74, 6) is 1.95. The van der Waals surface area contributed by atoms with E-state index in [0.29, 0.717) is 0 Å². The summed E-state index contributed by atoms with van der Waals surface area (Å²) in [6, 6.07) is 16.4. The summed E-state index contributed by atoms with van der Waals surface area (Å²) in [4.78, 5) is 1.28. The predicted molar refractivity (Wildman–Crippen MR) is 91.1 cm³/mol. The standard InChI is InChI=1S/C18H23NOS/c1-4-21-17-10-8-14(9-11-17)18(19)15-6-5-7-16(12-15)20-13(2)3/h5-13,18H,4,19H2,1-3H3. The number of nitrogens with two attached hydrogens (primary N) is 1. The lowest BCUT2D eigenvalue weighted by molar-refractivity contribution is 0.242. The quantitative estimate of drug-likeness (QED) is 0.790. The molecule has 112 valence electrons. The molecule has 21 heavy (non-hydrogen) atoms. The van der Waals surface area contributed by atoms with Gasteiger partial charge >= 0.3 is 0 Å². The minimum Gasteiger partial charge on any atom is -0.491 e. The Kier molecular flexibility index (Phi) is 5.71. The van der Waals surface area contributed by atoms with Crippen LogP contribution in [0.2, 0.25) is 0 Å². The highest BCUT2D eigenvalue weighted by Gasteiger charge is 2.10. The molecule has 0 spiro atoms. The summed E-state index contributed by atoms with van der Waals surface area (Å²) in [7, 11) is 0. The Hall–Kier alpha value is -1.45. The first-order valence-corrected chi connectivity index (χ1v) is 8.33. The third-order valence-electron chi connectivity index (χ3n) is 3.14. The average molecular weight is 301 g/mol. The van der Waals surface area contributed by atoms with Crippen LogP contribution in [0.3, 0.4) is 0 Å². The Labute approximate surface area is 131 Å². The number of hydrogen-bond donors (Lipinski definition) is 1. The molecule has 0 amide bonds. The second-order valence-corrected chi connectivity index (χ2v) is 6.56. The van der Waals surface area contributed by atoms with Crippen molar-refractivity contribution in [2.24, 2.45) is 5.73 Å². The van der Waals surface area contributed by atoms with E-state index in [-0.39, 0.29) is 12.1 Å². The lowest BCUT2D eigenvalue weighted by Gasteiger charge is -2.16. The number of rotatable bonds is 6. The van der Waals surface area contributed by atoms with E-state index in [1.807, 2.05) is 49.9 Å². The molecule has 1 atom stereocenters. The lowest BCUT2D eigenvalue weighted by atomic mass is 9.99. The van der Waals surface area contributed by atoms with Gasteiger partial charge in [-0.3, -0.25) is 0 Å². The highest BCUT2D eigenvalue weighted by molar-refractivity contribution is 7.99. The van der Waals surface area contributed by atoms with Crippen LogP contribution >= 0.6 is 11.8 Å². The van der Waals surface area contributed by atoms with E-state index < -0.39 is 0 Å². The van der Waals surface area contributed by atoms with E-state index in [4.69, 9.17) is 10.5 Å². The molecule has 0 bridgehead atoms. The maximum atomic E-state index is 6.38. The average Bonchev–Trinajstić information content (AvgIpc) is 2.47. The van der Waals surface area contributed by atoms with Crippen LogP contribution in [0.5, 0.6) is 5.75 Å². The fraction of sp³-hybridized carbons (Fsp3) is 0.333. The van der Waals surface area contributed by atoms with E-state index in [0.717, 1.165) is 22.6 Å². The van der Waals surface area contributed by atoms with E-state index in [2.05, 4.69) is 31.2 Å². The molecule has 0 aromatic heterocycles. The Morgan fingerprint density at radius 3 is 2.38 bits per heavy atom. The number of benzene rings is 2. The molecule has 0 aliphatic rings. The first-order chi connectivity index (χ1) is 10.1. The molecule has 0 aliphatic heterocycles. The molecule has 0 saturated carbocycles. The van der Waals surface area contributed by atoms with Crippen molar-refractivity contribution < 1.29 is 4.74 Å². The van der Waals surface area contributed by atoms with Crippen molar-refractivity contribution >= 4 is 11.8 Å². The third-order valence-corrected chi connectivity index (χ3v) is 4.03. The Bertz CT molecular complexity index is 566. The molecule has 2 N–H and O–H groups in total. The van der Waals surface area contributed by atoms with Gasteiger partial charge < -0.3 is 10.5 Å². The minimum absolute atomic E-state index is 0.124. The largest absolute Gasteiger partial charge is 0.491 e. The first-order valence-electron chi connectivity index (χ1n) is 7.35. The first kappa shape index (κ1) is 15.9. The van der Waals surface area contributed by atoms with Gasteiger partial charge in [0.2, 0.25) is 0 Å². The molecule has 0 radical (unpaired) electrons. The fourth-order valence-electron chi connectivity index (χ4n) is 2.18. The second-order valence-electron chi connectivity index (χ2n) is 5.22. The Morgan fingerprint density at radius 2 is 1.76 bits per heavy atom. The topological polar surface area (TPSA) is 35.2 Å². The zero-order valence-electron chi connectivity index (χ0n) is 12.9. The van der Waals surface area contributed by atoms with Crippen LogP contribution in [0.15, 0.2) is 53.4 Å². The van der Waals surface area contributed by atoms with Gasteiger partial charge in [-0.2, -0.15) is 0 Å². The monoisotopic (exact) mass is 301 g/mol. The number of hydrogen-bond acceptors (Lipinski definition) is 3.